The van der Waals surface area contributed by atoms with Crippen LogP contribution in [0.15, 0.2) is 84.9 Å². The van der Waals surface area contributed by atoms with Crippen molar-refractivity contribution in [3.63, 3.8) is 0 Å². The summed E-state index contributed by atoms with van der Waals surface area (Å²) in [6.45, 7) is 0.442. The second-order valence-electron chi connectivity index (χ2n) is 10.6. The Kier molecular flexibility index (Phi) is 8.69. The van der Waals surface area contributed by atoms with E-state index in [2.05, 4.69) is 5.32 Å². The molecule has 2 aliphatic rings. The number of hydrogen-bond donors (Lipinski definition) is 1. The van der Waals surface area contributed by atoms with E-state index in [1.165, 1.54) is 4.90 Å². The number of amides is 4. The van der Waals surface area contributed by atoms with Gasteiger partial charge in [0.2, 0.25) is 11.8 Å². The van der Waals surface area contributed by atoms with E-state index in [0.29, 0.717) is 30.5 Å². The van der Waals surface area contributed by atoms with Crippen molar-refractivity contribution >= 4 is 23.6 Å². The van der Waals surface area contributed by atoms with Crippen molar-refractivity contribution in [1.82, 2.24) is 15.1 Å². The molecule has 1 aliphatic carbocycles. The van der Waals surface area contributed by atoms with Crippen LogP contribution in [-0.2, 0) is 22.6 Å². The maximum Gasteiger partial charge on any atom is 0.261 e. The van der Waals surface area contributed by atoms with Gasteiger partial charge in [-0.25, -0.2) is 0 Å². The molecule has 1 heterocycles. The highest BCUT2D eigenvalue weighted by Crippen LogP contribution is 2.24. The molecule has 0 bridgehead atoms. The van der Waals surface area contributed by atoms with E-state index >= 15 is 0 Å². The highest BCUT2D eigenvalue weighted by atomic mass is 16.2. The van der Waals surface area contributed by atoms with Gasteiger partial charge in [-0.1, -0.05) is 85.6 Å². The number of benzene rings is 3. The Morgan fingerprint density at radius 2 is 1.35 bits per heavy atom. The Balaban J connectivity index is 1.34. The topological polar surface area (TPSA) is 86.8 Å². The van der Waals surface area contributed by atoms with Crippen LogP contribution in [0.1, 0.15) is 70.4 Å². The molecule has 0 aromatic heterocycles. The van der Waals surface area contributed by atoms with Crippen LogP contribution in [0.2, 0.25) is 0 Å². The predicted octanol–water partition coefficient (Wildman–Crippen LogP) is 4.76. The summed E-state index contributed by atoms with van der Waals surface area (Å²) in [5, 5.41) is 3.21. The van der Waals surface area contributed by atoms with E-state index < -0.39 is 6.04 Å². The van der Waals surface area contributed by atoms with Crippen molar-refractivity contribution < 1.29 is 19.2 Å². The lowest BCUT2D eigenvalue weighted by Crippen LogP contribution is -2.52. The van der Waals surface area contributed by atoms with Gasteiger partial charge in [-0.3, -0.25) is 24.1 Å². The van der Waals surface area contributed by atoms with Gasteiger partial charge in [0.05, 0.1) is 11.1 Å². The summed E-state index contributed by atoms with van der Waals surface area (Å²) in [6, 6.07) is 25.7. The van der Waals surface area contributed by atoms with Crippen LogP contribution < -0.4 is 5.32 Å². The number of imide groups is 1. The largest absolute Gasteiger partial charge is 0.352 e. The van der Waals surface area contributed by atoms with E-state index in [1.807, 2.05) is 60.7 Å². The van der Waals surface area contributed by atoms with E-state index in [0.717, 1.165) is 36.8 Å². The molecule has 5 rings (SSSR count). The molecule has 1 aliphatic heterocycles. The molecule has 0 spiro atoms. The fourth-order valence-corrected chi connectivity index (χ4v) is 5.68. The smallest absolute Gasteiger partial charge is 0.261 e. The molecule has 206 valence electrons. The van der Waals surface area contributed by atoms with Crippen molar-refractivity contribution in [1.29, 1.82) is 0 Å². The summed E-state index contributed by atoms with van der Waals surface area (Å²) in [5.41, 5.74) is 2.71. The third kappa shape index (κ3) is 6.30. The minimum absolute atomic E-state index is 0.113. The standard InChI is InChI=1S/C33H35N3O4/c37-30(20-11-21-35-32(39)27-18-9-10-19-28(27)33(35)40)36(23-25-14-5-2-6-15-25)29(22-24-12-3-1-4-13-24)31(38)34-26-16-7-8-17-26/h1-6,9-10,12-15,18-19,26,29H,7-8,11,16-17,20-23H2,(H,34,38)/t29-/m1/s1. The normalized spacial score (nSPS) is 15.7. The summed E-state index contributed by atoms with van der Waals surface area (Å²) in [6.07, 6.45) is 4.93. The van der Waals surface area contributed by atoms with E-state index in [4.69, 9.17) is 0 Å². The van der Waals surface area contributed by atoms with E-state index in [1.54, 1.807) is 29.2 Å². The SMILES string of the molecule is O=C(NC1CCCC1)[C@@H](Cc1ccccc1)N(Cc1ccccc1)C(=O)CCCN1C(=O)c2ccccc2C1=O. The number of nitrogens with one attached hydrogen (secondary N) is 1. The van der Waals surface area contributed by atoms with Gasteiger partial charge in [-0.05, 0) is 42.5 Å². The van der Waals surface area contributed by atoms with Gasteiger partial charge in [0.25, 0.3) is 11.8 Å². The summed E-state index contributed by atoms with van der Waals surface area (Å²) < 4.78 is 0. The van der Waals surface area contributed by atoms with Gasteiger partial charge >= 0.3 is 0 Å². The second kappa shape index (κ2) is 12.7. The highest BCUT2D eigenvalue weighted by Gasteiger charge is 2.36. The number of carbonyl (C=O) groups excluding carboxylic acids is 4. The van der Waals surface area contributed by atoms with E-state index in [9.17, 15) is 19.2 Å². The molecule has 3 aromatic rings. The highest BCUT2D eigenvalue weighted by molar-refractivity contribution is 6.21. The first kappa shape index (κ1) is 27.3. The summed E-state index contributed by atoms with van der Waals surface area (Å²) in [5.74, 6) is -0.970. The van der Waals surface area contributed by atoms with Crippen LogP contribution >= 0.6 is 0 Å². The summed E-state index contributed by atoms with van der Waals surface area (Å²) >= 11 is 0. The van der Waals surface area contributed by atoms with E-state index in [-0.39, 0.29) is 42.6 Å². The Morgan fingerprint density at radius 1 is 0.800 bits per heavy atom. The molecule has 0 unspecified atom stereocenters. The first-order valence-corrected chi connectivity index (χ1v) is 14.1. The third-order valence-corrected chi connectivity index (χ3v) is 7.82. The third-order valence-electron chi connectivity index (χ3n) is 7.82. The lowest BCUT2D eigenvalue weighted by atomic mass is 10.0. The van der Waals surface area contributed by atoms with Gasteiger partial charge in [0.15, 0.2) is 0 Å². The Hall–Kier alpha value is -4.26. The average Bonchev–Trinajstić information content (AvgIpc) is 3.58. The summed E-state index contributed by atoms with van der Waals surface area (Å²) in [4.78, 5) is 56.0. The van der Waals surface area contributed by atoms with Crippen LogP contribution in [0.25, 0.3) is 0 Å². The zero-order chi connectivity index (χ0) is 27.9. The number of rotatable bonds is 11. The first-order chi connectivity index (χ1) is 19.5. The maximum absolute atomic E-state index is 13.8. The van der Waals surface area contributed by atoms with Crippen molar-refractivity contribution in [3.8, 4) is 0 Å². The Bertz CT molecular complexity index is 1320. The second-order valence-corrected chi connectivity index (χ2v) is 10.6. The zero-order valence-corrected chi connectivity index (χ0v) is 22.6. The van der Waals surface area contributed by atoms with Crippen LogP contribution in [0.5, 0.6) is 0 Å². The number of hydrogen-bond acceptors (Lipinski definition) is 4. The van der Waals surface area contributed by atoms with Gasteiger partial charge in [-0.2, -0.15) is 0 Å². The molecular formula is C33H35N3O4. The first-order valence-electron chi connectivity index (χ1n) is 14.1. The molecule has 4 amide bonds. The minimum atomic E-state index is -0.685. The van der Waals surface area contributed by atoms with Crippen LogP contribution in [0, 0.1) is 0 Å². The molecular weight excluding hydrogens is 502 g/mol. The van der Waals surface area contributed by atoms with Crippen molar-refractivity contribution in [2.24, 2.45) is 0 Å². The molecule has 0 radical (unpaired) electrons. The van der Waals surface area contributed by atoms with Crippen LogP contribution in [-0.4, -0.2) is 52.1 Å². The average molecular weight is 538 g/mol. The summed E-state index contributed by atoms with van der Waals surface area (Å²) in [7, 11) is 0. The fraction of sp³-hybridized carbons (Fsp3) is 0.333. The molecule has 1 fully saturated rings. The number of fused-ring (bicyclic) bond motifs is 1. The van der Waals surface area contributed by atoms with Crippen LogP contribution in [0.3, 0.4) is 0 Å². The molecule has 1 N–H and O–H groups in total. The number of carbonyl (C=O) groups is 4. The van der Waals surface area contributed by atoms with Gasteiger partial charge in [0, 0.05) is 32.0 Å². The quantitative estimate of drug-likeness (QED) is 0.357. The van der Waals surface area contributed by atoms with Gasteiger partial charge in [-0.15, -0.1) is 0 Å². The van der Waals surface area contributed by atoms with Crippen LogP contribution in [0.4, 0.5) is 0 Å². The maximum atomic E-state index is 13.8. The minimum Gasteiger partial charge on any atom is -0.352 e. The van der Waals surface area contributed by atoms with Crippen molar-refractivity contribution in [3.05, 3.63) is 107 Å². The molecule has 7 nitrogen and oxygen atoms in total. The predicted molar refractivity (Wildman–Crippen MR) is 152 cm³/mol. The molecule has 0 saturated heterocycles. The number of nitrogens with zero attached hydrogens (tertiary/aromatic N) is 2. The molecule has 1 saturated carbocycles. The molecule has 1 atom stereocenters. The van der Waals surface area contributed by atoms with Crippen molar-refractivity contribution in [2.75, 3.05) is 6.54 Å². The lowest BCUT2D eigenvalue weighted by Gasteiger charge is -2.32. The fourth-order valence-electron chi connectivity index (χ4n) is 5.68. The lowest BCUT2D eigenvalue weighted by molar-refractivity contribution is -0.141. The molecule has 40 heavy (non-hydrogen) atoms. The van der Waals surface area contributed by atoms with Gasteiger partial charge < -0.3 is 10.2 Å². The Morgan fingerprint density at radius 3 is 1.95 bits per heavy atom. The van der Waals surface area contributed by atoms with Crippen molar-refractivity contribution in [2.45, 2.75) is 63.6 Å². The van der Waals surface area contributed by atoms with Gasteiger partial charge in [0.1, 0.15) is 6.04 Å². The molecule has 3 aromatic carbocycles. The zero-order valence-electron chi connectivity index (χ0n) is 22.6. The Labute approximate surface area is 235 Å². The monoisotopic (exact) mass is 537 g/mol. The molecule has 7 heteroatoms.